The highest BCUT2D eigenvalue weighted by molar-refractivity contribution is 7.92. The number of sulfonamides is 1. The summed E-state index contributed by atoms with van der Waals surface area (Å²) in [5.74, 6) is -0.0331. The zero-order valence-corrected chi connectivity index (χ0v) is 13.7. The number of carbonyl (C=O) groups is 1. The van der Waals surface area contributed by atoms with Gasteiger partial charge in [0.2, 0.25) is 15.9 Å². The molecule has 1 amide bonds. The molecule has 0 aromatic heterocycles. The van der Waals surface area contributed by atoms with Crippen molar-refractivity contribution in [2.45, 2.75) is 33.1 Å². The summed E-state index contributed by atoms with van der Waals surface area (Å²) >= 11 is 0. The number of amides is 1. The molecule has 1 rings (SSSR count). The van der Waals surface area contributed by atoms with Gasteiger partial charge in [0.1, 0.15) is 0 Å². The Morgan fingerprint density at radius 2 is 1.86 bits per heavy atom. The first-order chi connectivity index (χ1) is 9.84. The number of benzene rings is 1. The zero-order valence-electron chi connectivity index (χ0n) is 12.9. The Bertz CT molecular complexity index is 553. The quantitative estimate of drug-likeness (QED) is 0.799. The summed E-state index contributed by atoms with van der Waals surface area (Å²) in [5.41, 5.74) is 1.71. The lowest BCUT2D eigenvalue weighted by atomic mass is 10.2. The Balaban J connectivity index is 2.65. The van der Waals surface area contributed by atoms with Gasteiger partial charge in [-0.25, -0.2) is 8.42 Å². The fourth-order valence-electron chi connectivity index (χ4n) is 1.93. The smallest absolute Gasteiger partial charge is 0.232 e. The average molecular weight is 312 g/mol. The summed E-state index contributed by atoms with van der Waals surface area (Å²) < 4.78 is 25.1. The number of nitrogens with one attached hydrogen (secondary N) is 1. The molecule has 5 nitrogen and oxygen atoms in total. The topological polar surface area (TPSA) is 66.5 Å². The number of carbonyl (C=O) groups excluding carboxylic acids is 1. The molecule has 0 aliphatic heterocycles. The van der Waals surface area contributed by atoms with Crippen LogP contribution in [0.15, 0.2) is 24.3 Å². The maximum absolute atomic E-state index is 11.9. The van der Waals surface area contributed by atoms with Gasteiger partial charge < -0.3 is 5.32 Å². The predicted octanol–water partition coefficient (Wildman–Crippen LogP) is 2.07. The second kappa shape index (κ2) is 8.02. The summed E-state index contributed by atoms with van der Waals surface area (Å²) in [5, 5.41) is 2.79. The van der Waals surface area contributed by atoms with Crippen molar-refractivity contribution in [3.05, 3.63) is 29.8 Å². The molecule has 1 aromatic carbocycles. The van der Waals surface area contributed by atoms with Crippen LogP contribution in [-0.2, 0) is 14.8 Å². The lowest BCUT2D eigenvalue weighted by Crippen LogP contribution is -2.32. The summed E-state index contributed by atoms with van der Waals surface area (Å²) in [6.07, 6.45) is 2.91. The first-order valence-electron chi connectivity index (χ1n) is 7.15. The van der Waals surface area contributed by atoms with E-state index >= 15 is 0 Å². The molecule has 0 aliphatic carbocycles. The molecular formula is C15H24N2O3S. The van der Waals surface area contributed by atoms with Crippen molar-refractivity contribution < 1.29 is 13.2 Å². The average Bonchev–Trinajstić information content (AvgIpc) is 2.41. The van der Waals surface area contributed by atoms with E-state index in [1.807, 2.05) is 26.0 Å². The number of aryl methyl sites for hydroxylation is 1. The van der Waals surface area contributed by atoms with Crippen LogP contribution in [-0.4, -0.2) is 33.7 Å². The highest BCUT2D eigenvalue weighted by atomic mass is 32.2. The fourth-order valence-corrected chi connectivity index (χ4v) is 2.90. The van der Waals surface area contributed by atoms with Crippen LogP contribution in [0.25, 0.3) is 0 Å². The molecule has 1 N–H and O–H groups in total. The third kappa shape index (κ3) is 6.16. The second-order valence-electron chi connectivity index (χ2n) is 5.12. The van der Waals surface area contributed by atoms with Crippen molar-refractivity contribution in [3.63, 3.8) is 0 Å². The molecule has 6 heteroatoms. The molecule has 21 heavy (non-hydrogen) atoms. The largest absolute Gasteiger partial charge is 0.356 e. The van der Waals surface area contributed by atoms with Crippen LogP contribution in [0.2, 0.25) is 0 Å². The van der Waals surface area contributed by atoms with E-state index in [-0.39, 0.29) is 5.91 Å². The van der Waals surface area contributed by atoms with E-state index in [1.54, 1.807) is 12.1 Å². The normalized spacial score (nSPS) is 11.2. The van der Waals surface area contributed by atoms with Gasteiger partial charge in [0.15, 0.2) is 0 Å². The molecule has 0 fully saturated rings. The highest BCUT2D eigenvalue weighted by Gasteiger charge is 2.17. The monoisotopic (exact) mass is 312 g/mol. The van der Waals surface area contributed by atoms with Crippen LogP contribution in [0.4, 0.5) is 5.69 Å². The van der Waals surface area contributed by atoms with Crippen LogP contribution in [0, 0.1) is 6.92 Å². The predicted molar refractivity (Wildman–Crippen MR) is 85.9 cm³/mol. The number of anilines is 1. The van der Waals surface area contributed by atoms with Gasteiger partial charge in [0.25, 0.3) is 0 Å². The number of hydrogen-bond acceptors (Lipinski definition) is 3. The lowest BCUT2D eigenvalue weighted by molar-refractivity contribution is -0.121. The van der Waals surface area contributed by atoms with Gasteiger partial charge in [-0.05, 0) is 31.9 Å². The molecule has 118 valence electrons. The Kier molecular flexibility index (Phi) is 6.68. The molecule has 0 spiro atoms. The molecule has 0 atom stereocenters. The third-order valence-electron chi connectivity index (χ3n) is 3.06. The Morgan fingerprint density at radius 1 is 1.24 bits per heavy atom. The van der Waals surface area contributed by atoms with Gasteiger partial charge in [-0.2, -0.15) is 0 Å². The molecule has 0 saturated carbocycles. The van der Waals surface area contributed by atoms with Crippen molar-refractivity contribution in [2.24, 2.45) is 0 Å². The van der Waals surface area contributed by atoms with Gasteiger partial charge in [-0.1, -0.05) is 24.6 Å². The van der Waals surface area contributed by atoms with E-state index in [2.05, 4.69) is 5.32 Å². The van der Waals surface area contributed by atoms with Gasteiger partial charge >= 0.3 is 0 Å². The number of rotatable bonds is 8. The fraction of sp³-hybridized carbons (Fsp3) is 0.533. The van der Waals surface area contributed by atoms with Crippen LogP contribution in [0.1, 0.15) is 31.7 Å². The lowest BCUT2D eigenvalue weighted by Gasteiger charge is -2.22. The summed E-state index contributed by atoms with van der Waals surface area (Å²) in [7, 11) is -3.34. The molecular weight excluding hydrogens is 288 g/mol. The highest BCUT2D eigenvalue weighted by Crippen LogP contribution is 2.18. The van der Waals surface area contributed by atoms with E-state index in [1.165, 1.54) is 10.6 Å². The molecule has 0 radical (unpaired) electrons. The van der Waals surface area contributed by atoms with Crippen LogP contribution in [0.5, 0.6) is 0 Å². The SMILES string of the molecule is CCCNC(=O)CCCN(c1ccc(C)cc1)S(C)(=O)=O. The van der Waals surface area contributed by atoms with E-state index in [4.69, 9.17) is 0 Å². The van der Waals surface area contributed by atoms with E-state index < -0.39 is 10.0 Å². The van der Waals surface area contributed by atoms with Crippen molar-refractivity contribution >= 4 is 21.6 Å². The standard InChI is InChI=1S/C15H24N2O3S/c1-4-11-16-15(18)6-5-12-17(21(3,19)20)14-9-7-13(2)8-10-14/h7-10H,4-6,11-12H2,1-3H3,(H,16,18). The first-order valence-corrected chi connectivity index (χ1v) is 9.00. The molecule has 0 saturated heterocycles. The second-order valence-corrected chi connectivity index (χ2v) is 7.03. The van der Waals surface area contributed by atoms with Gasteiger partial charge in [0.05, 0.1) is 11.9 Å². The van der Waals surface area contributed by atoms with Crippen molar-refractivity contribution in [1.82, 2.24) is 5.32 Å². The van der Waals surface area contributed by atoms with Crippen molar-refractivity contribution in [2.75, 3.05) is 23.7 Å². The third-order valence-corrected chi connectivity index (χ3v) is 4.25. The Hall–Kier alpha value is -1.56. The van der Waals surface area contributed by atoms with E-state index in [9.17, 15) is 13.2 Å². The molecule has 0 heterocycles. The minimum Gasteiger partial charge on any atom is -0.356 e. The number of nitrogens with zero attached hydrogens (tertiary/aromatic N) is 1. The van der Waals surface area contributed by atoms with E-state index in [0.29, 0.717) is 31.6 Å². The summed E-state index contributed by atoms with van der Waals surface area (Å²) in [6.45, 7) is 4.91. The van der Waals surface area contributed by atoms with Gasteiger partial charge in [0, 0.05) is 19.5 Å². The maximum atomic E-state index is 11.9. The van der Waals surface area contributed by atoms with E-state index in [0.717, 1.165) is 12.0 Å². The number of hydrogen-bond donors (Lipinski definition) is 1. The molecule has 0 unspecified atom stereocenters. The Labute approximate surface area is 127 Å². The summed E-state index contributed by atoms with van der Waals surface area (Å²) in [6, 6.07) is 7.32. The van der Waals surface area contributed by atoms with Crippen molar-refractivity contribution in [3.8, 4) is 0 Å². The maximum Gasteiger partial charge on any atom is 0.232 e. The molecule has 1 aromatic rings. The molecule has 0 aliphatic rings. The summed E-state index contributed by atoms with van der Waals surface area (Å²) in [4.78, 5) is 11.5. The molecule has 0 bridgehead atoms. The van der Waals surface area contributed by atoms with Crippen LogP contribution < -0.4 is 9.62 Å². The van der Waals surface area contributed by atoms with Gasteiger partial charge in [-0.3, -0.25) is 9.10 Å². The van der Waals surface area contributed by atoms with Gasteiger partial charge in [-0.15, -0.1) is 0 Å². The Morgan fingerprint density at radius 3 is 2.38 bits per heavy atom. The van der Waals surface area contributed by atoms with Crippen LogP contribution >= 0.6 is 0 Å². The first kappa shape index (κ1) is 17.5. The zero-order chi connectivity index (χ0) is 15.9. The minimum atomic E-state index is -3.34. The van der Waals surface area contributed by atoms with Crippen LogP contribution in [0.3, 0.4) is 0 Å². The van der Waals surface area contributed by atoms with Crippen molar-refractivity contribution in [1.29, 1.82) is 0 Å². The minimum absolute atomic E-state index is 0.0331.